The van der Waals surface area contributed by atoms with Crippen LogP contribution in [0.25, 0.3) is 0 Å². The molecular weight excluding hydrogens is 414 g/mol. The third kappa shape index (κ3) is 5.14. The van der Waals surface area contributed by atoms with Gasteiger partial charge in [-0.3, -0.25) is 4.79 Å². The lowest BCUT2D eigenvalue weighted by Crippen LogP contribution is -2.23. The molecule has 8 heteroatoms. The van der Waals surface area contributed by atoms with Gasteiger partial charge in [0, 0.05) is 18.0 Å². The number of benzene rings is 2. The molecule has 0 unspecified atom stereocenters. The first kappa shape index (κ1) is 20.3. The average Bonchev–Trinajstić information content (AvgIpc) is 3.41. The van der Waals surface area contributed by atoms with Crippen LogP contribution in [0, 0.1) is 0 Å². The first-order valence-electron chi connectivity index (χ1n) is 9.56. The predicted octanol–water partition coefficient (Wildman–Crippen LogP) is 4.49. The van der Waals surface area contributed by atoms with Crippen LogP contribution >= 0.6 is 23.1 Å². The number of rotatable bonds is 8. The fraction of sp³-hybridized carbons (Fsp3) is 0.182. The fourth-order valence-corrected chi connectivity index (χ4v) is 4.34. The summed E-state index contributed by atoms with van der Waals surface area (Å²) in [5.41, 5.74) is 2.33. The van der Waals surface area contributed by atoms with Crippen molar-refractivity contribution >= 4 is 34.1 Å². The summed E-state index contributed by atoms with van der Waals surface area (Å²) in [6, 6.07) is 20.4. The zero-order chi connectivity index (χ0) is 20.8. The van der Waals surface area contributed by atoms with Crippen LogP contribution in [0.1, 0.15) is 23.9 Å². The van der Waals surface area contributed by atoms with E-state index in [0.29, 0.717) is 18.1 Å². The Morgan fingerprint density at radius 2 is 1.77 bits per heavy atom. The number of aromatic nitrogens is 4. The predicted molar refractivity (Wildman–Crippen MR) is 121 cm³/mol. The Kier molecular flexibility index (Phi) is 6.56. The van der Waals surface area contributed by atoms with E-state index in [0.717, 1.165) is 16.5 Å². The van der Waals surface area contributed by atoms with E-state index in [-0.39, 0.29) is 11.2 Å². The maximum Gasteiger partial charge on any atom is 0.239 e. The van der Waals surface area contributed by atoms with Gasteiger partial charge in [0.15, 0.2) is 10.3 Å². The van der Waals surface area contributed by atoms with Crippen molar-refractivity contribution < 1.29 is 4.79 Å². The Labute approximate surface area is 183 Å². The first-order chi connectivity index (χ1) is 14.7. The second-order valence-electron chi connectivity index (χ2n) is 6.72. The van der Waals surface area contributed by atoms with Crippen LogP contribution in [-0.2, 0) is 17.8 Å². The summed E-state index contributed by atoms with van der Waals surface area (Å²) in [5.74, 6) is 0.772. The highest BCUT2D eigenvalue weighted by Crippen LogP contribution is 2.25. The van der Waals surface area contributed by atoms with Crippen molar-refractivity contribution in [1.82, 2.24) is 19.7 Å². The molecule has 30 heavy (non-hydrogen) atoms. The van der Waals surface area contributed by atoms with Gasteiger partial charge in [0.05, 0.1) is 11.8 Å². The van der Waals surface area contributed by atoms with E-state index in [1.807, 2.05) is 48.7 Å². The van der Waals surface area contributed by atoms with E-state index in [4.69, 9.17) is 0 Å². The van der Waals surface area contributed by atoms with E-state index in [1.165, 1.54) is 28.7 Å². The summed E-state index contributed by atoms with van der Waals surface area (Å²) < 4.78 is 2.10. The smallest absolute Gasteiger partial charge is 0.239 e. The van der Waals surface area contributed by atoms with Crippen LogP contribution in [0.2, 0.25) is 0 Å². The molecule has 0 bridgehead atoms. The Balaban J connectivity index is 1.56. The van der Waals surface area contributed by atoms with Gasteiger partial charge in [-0.1, -0.05) is 72.4 Å². The second kappa shape index (κ2) is 9.69. The number of nitrogens with one attached hydrogen (secondary N) is 1. The van der Waals surface area contributed by atoms with Crippen LogP contribution in [0.4, 0.5) is 5.13 Å². The van der Waals surface area contributed by atoms with Crippen molar-refractivity contribution in [1.29, 1.82) is 0 Å². The van der Waals surface area contributed by atoms with Gasteiger partial charge >= 0.3 is 0 Å². The molecule has 0 saturated heterocycles. The Morgan fingerprint density at radius 3 is 2.43 bits per heavy atom. The largest absolute Gasteiger partial charge is 0.301 e. The van der Waals surface area contributed by atoms with Gasteiger partial charge in [-0.25, -0.2) is 4.98 Å². The zero-order valence-corrected chi connectivity index (χ0v) is 18.1. The summed E-state index contributed by atoms with van der Waals surface area (Å²) in [7, 11) is 0. The first-order valence-corrected chi connectivity index (χ1v) is 11.3. The van der Waals surface area contributed by atoms with Gasteiger partial charge in [-0.2, -0.15) is 0 Å². The van der Waals surface area contributed by atoms with Gasteiger partial charge < -0.3 is 9.88 Å². The number of thioether (sulfide) groups is 1. The van der Waals surface area contributed by atoms with Crippen LogP contribution in [-0.4, -0.2) is 30.9 Å². The summed E-state index contributed by atoms with van der Waals surface area (Å²) in [5, 5.41) is 14.5. The van der Waals surface area contributed by atoms with Crippen molar-refractivity contribution in [2.45, 2.75) is 30.3 Å². The maximum atomic E-state index is 12.6. The molecule has 1 N–H and O–H groups in total. The van der Waals surface area contributed by atoms with Gasteiger partial charge in [-0.05, 0) is 18.1 Å². The van der Waals surface area contributed by atoms with Crippen LogP contribution < -0.4 is 5.32 Å². The molecule has 4 rings (SSSR count). The van der Waals surface area contributed by atoms with Gasteiger partial charge in [0.1, 0.15) is 5.82 Å². The van der Waals surface area contributed by atoms with Crippen LogP contribution in [0.15, 0.2) is 77.4 Å². The molecule has 0 aliphatic rings. The summed E-state index contributed by atoms with van der Waals surface area (Å²) in [6.45, 7) is 2.52. The molecule has 0 saturated carbocycles. The minimum atomic E-state index is -0.336. The highest BCUT2D eigenvalue weighted by atomic mass is 32.2. The molecule has 0 spiro atoms. The molecule has 1 atom stereocenters. The van der Waals surface area contributed by atoms with Crippen molar-refractivity contribution in [2.75, 3.05) is 5.32 Å². The standard InChI is InChI=1S/C22H21N5OS2/c1-16(20(28)24-21-23-12-13-29-21)30-22-26-25-19(14-17-8-4-2-5-9-17)27(22)15-18-10-6-3-7-11-18/h2-13,16H,14-15H2,1H3,(H,23,24,28)/t16-/m1/s1. The van der Waals surface area contributed by atoms with Crippen molar-refractivity contribution in [3.63, 3.8) is 0 Å². The number of hydrogen-bond acceptors (Lipinski definition) is 6. The molecule has 1 amide bonds. The number of thiazole rings is 1. The van der Waals surface area contributed by atoms with E-state index in [1.54, 1.807) is 6.20 Å². The molecule has 0 aliphatic carbocycles. The number of hydrogen-bond donors (Lipinski definition) is 1. The SMILES string of the molecule is C[C@@H](Sc1nnc(Cc2ccccc2)n1Cc1ccccc1)C(=O)Nc1nccs1. The quantitative estimate of drug-likeness (QED) is 0.413. The van der Waals surface area contributed by atoms with E-state index in [2.05, 4.69) is 49.3 Å². The van der Waals surface area contributed by atoms with E-state index >= 15 is 0 Å². The molecule has 6 nitrogen and oxygen atoms in total. The van der Waals surface area contributed by atoms with Crippen LogP contribution in [0.3, 0.4) is 0 Å². The summed E-state index contributed by atoms with van der Waals surface area (Å²) in [4.78, 5) is 16.7. The molecule has 2 heterocycles. The Bertz CT molecular complexity index is 1080. The number of anilines is 1. The zero-order valence-electron chi connectivity index (χ0n) is 16.4. The van der Waals surface area contributed by atoms with Gasteiger partial charge in [0.25, 0.3) is 0 Å². The Hall–Kier alpha value is -2.97. The van der Waals surface area contributed by atoms with Crippen molar-refractivity contribution in [3.8, 4) is 0 Å². The highest BCUT2D eigenvalue weighted by Gasteiger charge is 2.21. The summed E-state index contributed by atoms with van der Waals surface area (Å²) in [6.07, 6.45) is 2.35. The molecule has 152 valence electrons. The molecule has 0 fully saturated rings. The lowest BCUT2D eigenvalue weighted by atomic mass is 10.1. The third-order valence-corrected chi connectivity index (χ3v) is 6.26. The average molecular weight is 436 g/mol. The minimum Gasteiger partial charge on any atom is -0.301 e. The number of carbonyl (C=O) groups excluding carboxylic acids is 1. The molecular formula is C22H21N5OS2. The Morgan fingerprint density at radius 1 is 1.07 bits per heavy atom. The van der Waals surface area contributed by atoms with Gasteiger partial charge in [-0.15, -0.1) is 21.5 Å². The lowest BCUT2D eigenvalue weighted by Gasteiger charge is -2.13. The van der Waals surface area contributed by atoms with Crippen molar-refractivity contribution in [3.05, 3.63) is 89.2 Å². The number of nitrogens with zero attached hydrogens (tertiary/aromatic N) is 4. The number of carbonyl (C=O) groups is 1. The van der Waals surface area contributed by atoms with E-state index in [9.17, 15) is 4.79 Å². The molecule has 0 aliphatic heterocycles. The van der Waals surface area contributed by atoms with Crippen LogP contribution in [0.5, 0.6) is 0 Å². The third-order valence-electron chi connectivity index (χ3n) is 4.50. The number of amides is 1. The topological polar surface area (TPSA) is 72.7 Å². The fourth-order valence-electron chi connectivity index (χ4n) is 2.94. The summed E-state index contributed by atoms with van der Waals surface area (Å²) >= 11 is 2.80. The highest BCUT2D eigenvalue weighted by molar-refractivity contribution is 8.00. The molecule has 2 aromatic heterocycles. The molecule has 2 aromatic carbocycles. The molecule has 0 radical (unpaired) electrons. The van der Waals surface area contributed by atoms with E-state index < -0.39 is 0 Å². The monoisotopic (exact) mass is 435 g/mol. The normalized spacial score (nSPS) is 11.9. The molecule has 4 aromatic rings. The van der Waals surface area contributed by atoms with Gasteiger partial charge in [0.2, 0.25) is 5.91 Å². The second-order valence-corrected chi connectivity index (χ2v) is 8.92. The minimum absolute atomic E-state index is 0.103. The lowest BCUT2D eigenvalue weighted by molar-refractivity contribution is -0.115. The maximum absolute atomic E-state index is 12.6. The van der Waals surface area contributed by atoms with Crippen molar-refractivity contribution in [2.24, 2.45) is 0 Å².